The van der Waals surface area contributed by atoms with E-state index in [9.17, 15) is 0 Å². The minimum Gasteiger partial charge on any atom is -0.493 e. The van der Waals surface area contributed by atoms with Gasteiger partial charge in [-0.2, -0.15) is 4.98 Å². The topological polar surface area (TPSA) is 60.6 Å². The lowest BCUT2D eigenvalue weighted by molar-refractivity contribution is 0.111. The van der Waals surface area contributed by atoms with Crippen LogP contribution < -0.4 is 9.47 Å². The highest BCUT2D eigenvalue weighted by Crippen LogP contribution is 2.38. The first-order chi connectivity index (χ1) is 13.8. The number of aromatic nitrogens is 2. The Kier molecular flexibility index (Phi) is 5.58. The molecule has 1 aromatic heterocycles. The summed E-state index contributed by atoms with van der Waals surface area (Å²) in [5.74, 6) is 2.45. The van der Waals surface area contributed by atoms with E-state index >= 15 is 0 Å². The molecule has 146 valence electrons. The number of para-hydroxylation sites is 1. The average molecular weight is 379 g/mol. The molecule has 3 aromatic rings. The van der Waals surface area contributed by atoms with Gasteiger partial charge in [0.1, 0.15) is 0 Å². The van der Waals surface area contributed by atoms with Crippen LogP contribution in [0.5, 0.6) is 11.5 Å². The third-order valence-corrected chi connectivity index (χ3v) is 5.21. The zero-order valence-corrected chi connectivity index (χ0v) is 16.3. The van der Waals surface area contributed by atoms with Crippen LogP contribution in [0.2, 0.25) is 0 Å². The van der Waals surface area contributed by atoms with Crippen molar-refractivity contribution in [1.29, 1.82) is 0 Å². The van der Waals surface area contributed by atoms with Crippen LogP contribution in [0.25, 0.3) is 11.4 Å². The molecule has 1 aliphatic rings. The van der Waals surface area contributed by atoms with Crippen molar-refractivity contribution in [2.24, 2.45) is 0 Å². The molecule has 0 saturated carbocycles. The maximum atomic E-state index is 5.70. The van der Waals surface area contributed by atoms with E-state index in [0.717, 1.165) is 31.5 Å². The van der Waals surface area contributed by atoms with Crippen LogP contribution in [0, 0.1) is 0 Å². The molecule has 1 unspecified atom stereocenters. The maximum Gasteiger partial charge on any atom is 0.244 e. The highest BCUT2D eigenvalue weighted by atomic mass is 16.5. The molecule has 6 nitrogen and oxygen atoms in total. The minimum absolute atomic E-state index is 0.131. The molecule has 0 bridgehead atoms. The summed E-state index contributed by atoms with van der Waals surface area (Å²) in [5, 5.41) is 4.24. The fourth-order valence-corrected chi connectivity index (χ4v) is 3.82. The van der Waals surface area contributed by atoms with Gasteiger partial charge in [0.25, 0.3) is 0 Å². The molecule has 2 heterocycles. The van der Waals surface area contributed by atoms with Crippen molar-refractivity contribution >= 4 is 0 Å². The van der Waals surface area contributed by atoms with Crippen LogP contribution in [-0.4, -0.2) is 35.8 Å². The minimum atomic E-state index is 0.131. The number of nitrogens with zero attached hydrogens (tertiary/aromatic N) is 3. The fourth-order valence-electron chi connectivity index (χ4n) is 3.82. The molecule has 2 aromatic carbocycles. The van der Waals surface area contributed by atoms with E-state index in [2.05, 4.69) is 34.3 Å². The smallest absolute Gasteiger partial charge is 0.244 e. The van der Waals surface area contributed by atoms with Gasteiger partial charge in [-0.05, 0) is 37.1 Å². The zero-order valence-electron chi connectivity index (χ0n) is 16.3. The first-order valence-corrected chi connectivity index (χ1v) is 9.63. The second-order valence-electron chi connectivity index (χ2n) is 6.96. The van der Waals surface area contributed by atoms with Gasteiger partial charge in [-0.1, -0.05) is 48.0 Å². The van der Waals surface area contributed by atoms with Crippen LogP contribution in [0.4, 0.5) is 0 Å². The van der Waals surface area contributed by atoms with Crippen LogP contribution >= 0.6 is 0 Å². The number of ether oxygens (including phenoxy) is 2. The van der Waals surface area contributed by atoms with E-state index < -0.39 is 0 Å². The van der Waals surface area contributed by atoms with Crippen molar-refractivity contribution in [3.05, 3.63) is 60.0 Å². The van der Waals surface area contributed by atoms with E-state index in [1.165, 1.54) is 12.0 Å². The monoisotopic (exact) mass is 379 g/mol. The molecule has 1 atom stereocenters. The van der Waals surface area contributed by atoms with Gasteiger partial charge in [0.15, 0.2) is 11.5 Å². The van der Waals surface area contributed by atoms with Gasteiger partial charge in [0.05, 0.1) is 25.8 Å². The second-order valence-corrected chi connectivity index (χ2v) is 6.96. The maximum absolute atomic E-state index is 5.70. The van der Waals surface area contributed by atoms with E-state index in [1.54, 1.807) is 14.2 Å². The molecule has 0 spiro atoms. The molecule has 1 aliphatic heterocycles. The van der Waals surface area contributed by atoms with Crippen LogP contribution in [0.15, 0.2) is 53.1 Å². The van der Waals surface area contributed by atoms with Gasteiger partial charge in [0, 0.05) is 6.54 Å². The quantitative estimate of drug-likeness (QED) is 0.629. The third-order valence-electron chi connectivity index (χ3n) is 5.21. The summed E-state index contributed by atoms with van der Waals surface area (Å²) < 4.78 is 16.6. The summed E-state index contributed by atoms with van der Waals surface area (Å²) >= 11 is 0. The van der Waals surface area contributed by atoms with Crippen LogP contribution in [-0.2, 0) is 6.54 Å². The Morgan fingerprint density at radius 1 is 1.04 bits per heavy atom. The number of methoxy groups -OCH3 is 2. The van der Waals surface area contributed by atoms with Gasteiger partial charge in [-0.3, -0.25) is 4.90 Å². The van der Waals surface area contributed by atoms with Gasteiger partial charge >= 0.3 is 0 Å². The average Bonchev–Trinajstić information content (AvgIpc) is 3.24. The normalized spacial score (nSPS) is 17.4. The molecular formula is C22H25N3O3. The largest absolute Gasteiger partial charge is 0.493 e. The first kappa shape index (κ1) is 18.5. The summed E-state index contributed by atoms with van der Waals surface area (Å²) in [4.78, 5) is 7.15. The summed E-state index contributed by atoms with van der Waals surface area (Å²) in [6.45, 7) is 1.91. The number of hydrogen-bond acceptors (Lipinski definition) is 6. The molecule has 4 rings (SSSR count). The molecular weight excluding hydrogens is 354 g/mol. The molecule has 0 N–H and O–H groups in total. The SMILES string of the molecule is COc1cccc(-c2noc(C3CCCCN3Cc3ccccc3)n2)c1OC. The van der Waals surface area contributed by atoms with Gasteiger partial charge in [0.2, 0.25) is 11.7 Å². The van der Waals surface area contributed by atoms with Crippen molar-refractivity contribution < 1.29 is 14.0 Å². The number of rotatable bonds is 6. The standard InChI is InChI=1S/C22H25N3O3/c1-26-19-13-8-11-17(20(19)27-2)21-23-22(28-24-21)18-12-6-7-14-25(18)15-16-9-4-3-5-10-16/h3-5,8-11,13,18H,6-7,12,14-15H2,1-2H3. The van der Waals surface area contributed by atoms with Crippen molar-refractivity contribution in [3.8, 4) is 22.9 Å². The molecule has 0 amide bonds. The highest BCUT2D eigenvalue weighted by molar-refractivity contribution is 5.68. The van der Waals surface area contributed by atoms with E-state index in [0.29, 0.717) is 23.2 Å². The predicted molar refractivity (Wildman–Crippen MR) is 106 cm³/mol. The van der Waals surface area contributed by atoms with Crippen LogP contribution in [0.3, 0.4) is 0 Å². The van der Waals surface area contributed by atoms with Crippen molar-refractivity contribution in [3.63, 3.8) is 0 Å². The Morgan fingerprint density at radius 2 is 1.89 bits per heavy atom. The molecule has 0 radical (unpaired) electrons. The number of likely N-dealkylation sites (tertiary alicyclic amines) is 1. The van der Waals surface area contributed by atoms with Crippen molar-refractivity contribution in [2.75, 3.05) is 20.8 Å². The Bertz CT molecular complexity index is 910. The lowest BCUT2D eigenvalue weighted by atomic mass is 10.0. The molecule has 28 heavy (non-hydrogen) atoms. The Balaban J connectivity index is 1.61. The van der Waals surface area contributed by atoms with Gasteiger partial charge in [-0.15, -0.1) is 0 Å². The first-order valence-electron chi connectivity index (χ1n) is 9.63. The lowest BCUT2D eigenvalue weighted by Gasteiger charge is -2.33. The fraction of sp³-hybridized carbons (Fsp3) is 0.364. The molecule has 0 aliphatic carbocycles. The van der Waals surface area contributed by atoms with Gasteiger partial charge < -0.3 is 14.0 Å². The highest BCUT2D eigenvalue weighted by Gasteiger charge is 2.29. The number of benzene rings is 2. The van der Waals surface area contributed by atoms with E-state index in [4.69, 9.17) is 19.0 Å². The van der Waals surface area contributed by atoms with Gasteiger partial charge in [-0.25, -0.2) is 0 Å². The number of piperidine rings is 1. The van der Waals surface area contributed by atoms with Crippen LogP contribution in [0.1, 0.15) is 36.8 Å². The lowest BCUT2D eigenvalue weighted by Crippen LogP contribution is -2.33. The summed E-state index contributed by atoms with van der Waals surface area (Å²) in [6, 6.07) is 16.3. The Morgan fingerprint density at radius 3 is 2.68 bits per heavy atom. The summed E-state index contributed by atoms with van der Waals surface area (Å²) in [6.07, 6.45) is 3.37. The molecule has 1 saturated heterocycles. The zero-order chi connectivity index (χ0) is 19.3. The van der Waals surface area contributed by atoms with Crippen molar-refractivity contribution in [2.45, 2.75) is 31.8 Å². The summed E-state index contributed by atoms with van der Waals surface area (Å²) in [5.41, 5.74) is 2.06. The third kappa shape index (κ3) is 3.73. The number of hydrogen-bond donors (Lipinski definition) is 0. The Hall–Kier alpha value is -2.86. The molecule has 1 fully saturated rings. The second kappa shape index (κ2) is 8.44. The predicted octanol–water partition coefficient (Wildman–Crippen LogP) is 4.48. The van der Waals surface area contributed by atoms with E-state index in [-0.39, 0.29) is 6.04 Å². The van der Waals surface area contributed by atoms with E-state index in [1.807, 2.05) is 24.3 Å². The Labute approximate surface area is 165 Å². The van der Waals surface area contributed by atoms with Crippen molar-refractivity contribution in [1.82, 2.24) is 15.0 Å². The molecule has 6 heteroatoms. The summed E-state index contributed by atoms with van der Waals surface area (Å²) in [7, 11) is 3.23.